The van der Waals surface area contributed by atoms with Crippen LogP contribution in [0.4, 0.5) is 0 Å². The highest BCUT2D eigenvalue weighted by atomic mass is 16.5. The van der Waals surface area contributed by atoms with Gasteiger partial charge in [-0.2, -0.15) is 5.10 Å². The Morgan fingerprint density at radius 1 is 1.56 bits per heavy atom. The van der Waals surface area contributed by atoms with E-state index in [0.717, 1.165) is 6.07 Å². The van der Waals surface area contributed by atoms with Gasteiger partial charge in [-0.25, -0.2) is 9.89 Å². The quantitative estimate of drug-likeness (QED) is 0.598. The third-order valence-electron chi connectivity index (χ3n) is 2.13. The number of carboxylic acid groups (broad SMARTS) is 1. The lowest BCUT2D eigenvalue weighted by atomic mass is 10.2. The van der Waals surface area contributed by atoms with Crippen molar-refractivity contribution in [2.75, 3.05) is 13.7 Å². The summed E-state index contributed by atoms with van der Waals surface area (Å²) < 4.78 is 4.75. The maximum absolute atomic E-state index is 11.6. The van der Waals surface area contributed by atoms with Crippen molar-refractivity contribution >= 4 is 11.9 Å². The third kappa shape index (κ3) is 3.98. The van der Waals surface area contributed by atoms with Gasteiger partial charge in [0.05, 0.1) is 0 Å². The fourth-order valence-corrected chi connectivity index (χ4v) is 1.20. The number of rotatable bonds is 6. The van der Waals surface area contributed by atoms with Crippen LogP contribution in [0.2, 0.25) is 0 Å². The minimum atomic E-state index is -1.16. The van der Waals surface area contributed by atoms with E-state index < -0.39 is 23.5 Å². The average molecular weight is 255 g/mol. The topological polar surface area (TPSA) is 121 Å². The fraction of sp³-hybridized carbons (Fsp3) is 0.400. The van der Waals surface area contributed by atoms with Crippen molar-refractivity contribution in [1.82, 2.24) is 15.5 Å². The summed E-state index contributed by atoms with van der Waals surface area (Å²) in [5, 5.41) is 16.8. The van der Waals surface area contributed by atoms with E-state index in [0.29, 0.717) is 0 Å². The molecular formula is C10H13N3O5. The first-order valence-electron chi connectivity index (χ1n) is 5.13. The van der Waals surface area contributed by atoms with Crippen LogP contribution in [0.15, 0.2) is 16.9 Å². The maximum Gasteiger partial charge on any atom is 0.326 e. The molecule has 0 radical (unpaired) electrons. The molecule has 0 aliphatic rings. The van der Waals surface area contributed by atoms with E-state index in [2.05, 4.69) is 15.5 Å². The molecule has 8 heteroatoms. The summed E-state index contributed by atoms with van der Waals surface area (Å²) >= 11 is 0. The Kier molecular flexibility index (Phi) is 5.00. The van der Waals surface area contributed by atoms with Gasteiger partial charge in [0.2, 0.25) is 0 Å². The molecule has 0 saturated heterocycles. The molecule has 8 nitrogen and oxygen atoms in total. The molecule has 1 rings (SSSR count). The van der Waals surface area contributed by atoms with Crippen molar-refractivity contribution in [2.45, 2.75) is 12.5 Å². The molecule has 18 heavy (non-hydrogen) atoms. The van der Waals surface area contributed by atoms with E-state index in [-0.39, 0.29) is 18.7 Å². The van der Waals surface area contributed by atoms with Crippen LogP contribution in [0.25, 0.3) is 0 Å². The number of aromatic nitrogens is 2. The van der Waals surface area contributed by atoms with Gasteiger partial charge in [-0.1, -0.05) is 0 Å². The van der Waals surface area contributed by atoms with E-state index in [1.807, 2.05) is 0 Å². The van der Waals surface area contributed by atoms with E-state index in [9.17, 15) is 14.4 Å². The Bertz CT molecular complexity index is 464. The lowest BCUT2D eigenvalue weighted by molar-refractivity contribution is -0.139. The molecule has 1 atom stereocenters. The number of carboxylic acids is 1. The first kappa shape index (κ1) is 13.8. The number of methoxy groups -OCH3 is 1. The van der Waals surface area contributed by atoms with Gasteiger partial charge in [0.25, 0.3) is 11.5 Å². The molecule has 0 spiro atoms. The number of nitrogens with one attached hydrogen (secondary N) is 2. The van der Waals surface area contributed by atoms with Crippen molar-refractivity contribution in [1.29, 1.82) is 0 Å². The Labute approximate surface area is 102 Å². The summed E-state index contributed by atoms with van der Waals surface area (Å²) in [5.74, 6) is -1.83. The van der Waals surface area contributed by atoms with E-state index in [1.54, 1.807) is 0 Å². The van der Waals surface area contributed by atoms with Crippen LogP contribution in [0.5, 0.6) is 0 Å². The maximum atomic E-state index is 11.6. The molecule has 1 aromatic rings. The van der Waals surface area contributed by atoms with E-state index >= 15 is 0 Å². The second kappa shape index (κ2) is 6.50. The van der Waals surface area contributed by atoms with Gasteiger partial charge in [0.1, 0.15) is 11.7 Å². The van der Waals surface area contributed by atoms with Crippen LogP contribution < -0.4 is 10.9 Å². The van der Waals surface area contributed by atoms with Crippen molar-refractivity contribution in [2.24, 2.45) is 0 Å². The second-order valence-electron chi connectivity index (χ2n) is 3.45. The largest absolute Gasteiger partial charge is 0.480 e. The number of H-pyrrole nitrogens is 1. The van der Waals surface area contributed by atoms with Crippen LogP contribution in [0, 0.1) is 0 Å². The highest BCUT2D eigenvalue weighted by Gasteiger charge is 2.20. The summed E-state index contributed by atoms with van der Waals surface area (Å²) in [5.41, 5.74) is -0.501. The molecule has 0 aliphatic heterocycles. The Morgan fingerprint density at radius 3 is 2.78 bits per heavy atom. The van der Waals surface area contributed by atoms with Crippen LogP contribution in [-0.2, 0) is 9.53 Å². The summed E-state index contributed by atoms with van der Waals surface area (Å²) in [6.07, 6.45) is 0.140. The number of amides is 1. The van der Waals surface area contributed by atoms with Crippen molar-refractivity contribution in [3.63, 3.8) is 0 Å². The van der Waals surface area contributed by atoms with E-state index in [4.69, 9.17) is 9.84 Å². The van der Waals surface area contributed by atoms with Gasteiger partial charge in [-0.3, -0.25) is 9.59 Å². The predicted molar refractivity (Wildman–Crippen MR) is 60.2 cm³/mol. The summed E-state index contributed by atoms with van der Waals surface area (Å²) in [6.45, 7) is 0.205. The average Bonchev–Trinajstić information content (AvgIpc) is 2.34. The standard InChI is InChI=1S/C10H13N3O5/c1-18-5-4-7(10(16)17)11-9(15)6-2-3-8(14)13-12-6/h2-3,7H,4-5H2,1H3,(H,11,15)(H,13,14)(H,16,17). The fourth-order valence-electron chi connectivity index (χ4n) is 1.20. The minimum Gasteiger partial charge on any atom is -0.480 e. The smallest absolute Gasteiger partial charge is 0.326 e. The van der Waals surface area contributed by atoms with Gasteiger partial charge in [-0.05, 0) is 6.07 Å². The number of carbonyl (C=O) groups excluding carboxylic acids is 1. The summed E-state index contributed by atoms with van der Waals surface area (Å²) in [7, 11) is 1.43. The number of hydrogen-bond donors (Lipinski definition) is 3. The molecule has 1 aromatic heterocycles. The number of hydrogen-bond acceptors (Lipinski definition) is 5. The first-order chi connectivity index (χ1) is 8.54. The Morgan fingerprint density at radius 2 is 2.28 bits per heavy atom. The zero-order chi connectivity index (χ0) is 13.5. The molecule has 98 valence electrons. The van der Waals surface area contributed by atoms with Crippen molar-refractivity contribution in [3.05, 3.63) is 28.2 Å². The number of ether oxygens (including phenoxy) is 1. The lowest BCUT2D eigenvalue weighted by Gasteiger charge is -2.13. The normalized spacial score (nSPS) is 11.8. The van der Waals surface area contributed by atoms with Gasteiger partial charge < -0.3 is 15.2 Å². The first-order valence-corrected chi connectivity index (χ1v) is 5.13. The number of carbonyl (C=O) groups is 2. The molecule has 0 saturated carbocycles. The van der Waals surface area contributed by atoms with Crippen LogP contribution in [-0.4, -0.2) is 46.9 Å². The van der Waals surface area contributed by atoms with E-state index in [1.165, 1.54) is 13.2 Å². The van der Waals surface area contributed by atoms with Crippen LogP contribution in [0.1, 0.15) is 16.9 Å². The highest BCUT2D eigenvalue weighted by molar-refractivity contribution is 5.94. The van der Waals surface area contributed by atoms with Crippen molar-refractivity contribution in [3.8, 4) is 0 Å². The number of nitrogens with zero attached hydrogens (tertiary/aromatic N) is 1. The zero-order valence-electron chi connectivity index (χ0n) is 9.67. The minimum absolute atomic E-state index is 0.0572. The SMILES string of the molecule is COCCC(NC(=O)c1ccc(=O)[nH]n1)C(=O)O. The molecule has 1 unspecified atom stereocenters. The lowest BCUT2D eigenvalue weighted by Crippen LogP contribution is -2.42. The molecule has 0 aliphatic carbocycles. The molecule has 0 fully saturated rings. The van der Waals surface area contributed by atoms with Crippen molar-refractivity contribution < 1.29 is 19.4 Å². The van der Waals surface area contributed by atoms with Gasteiger partial charge in [0.15, 0.2) is 0 Å². The molecule has 3 N–H and O–H groups in total. The van der Waals surface area contributed by atoms with Gasteiger partial charge in [0, 0.05) is 26.2 Å². The van der Waals surface area contributed by atoms with Crippen LogP contribution >= 0.6 is 0 Å². The summed E-state index contributed by atoms with van der Waals surface area (Å²) in [4.78, 5) is 33.3. The Hall–Kier alpha value is -2.22. The second-order valence-corrected chi connectivity index (χ2v) is 3.45. The van der Waals surface area contributed by atoms with Gasteiger partial charge in [-0.15, -0.1) is 0 Å². The molecular weight excluding hydrogens is 242 g/mol. The molecule has 1 amide bonds. The number of aliphatic carboxylic acids is 1. The van der Waals surface area contributed by atoms with Gasteiger partial charge >= 0.3 is 5.97 Å². The van der Waals surface area contributed by atoms with Crippen LogP contribution in [0.3, 0.4) is 0 Å². The zero-order valence-corrected chi connectivity index (χ0v) is 9.67. The highest BCUT2D eigenvalue weighted by Crippen LogP contribution is 1.96. The third-order valence-corrected chi connectivity index (χ3v) is 2.13. The molecule has 0 aromatic carbocycles. The molecule has 1 heterocycles. The monoisotopic (exact) mass is 255 g/mol. The number of aromatic amines is 1. The Balaban J connectivity index is 2.68. The summed E-state index contributed by atoms with van der Waals surface area (Å²) in [6, 6.07) is 1.28. The molecule has 0 bridgehead atoms. The predicted octanol–water partition coefficient (Wildman–Crippen LogP) is -1.01.